The van der Waals surface area contributed by atoms with E-state index >= 15 is 0 Å². The third-order valence-corrected chi connectivity index (χ3v) is 6.03. The molecule has 0 aromatic heterocycles. The number of ether oxygens (including phenoxy) is 1. The molecule has 32 heavy (non-hydrogen) atoms. The fourth-order valence-corrected chi connectivity index (χ4v) is 4.12. The minimum atomic E-state index is 0.607. The van der Waals surface area contributed by atoms with Gasteiger partial charge < -0.3 is 25.2 Å². The van der Waals surface area contributed by atoms with Crippen LogP contribution in [0.15, 0.2) is 72.1 Å². The summed E-state index contributed by atoms with van der Waals surface area (Å²) in [6.07, 6.45) is 5.83. The minimum Gasteiger partial charge on any atom is -0.495 e. The lowest BCUT2D eigenvalue weighted by Gasteiger charge is -2.34. The highest BCUT2D eigenvalue weighted by Gasteiger charge is 2.18. The van der Waals surface area contributed by atoms with E-state index in [0.29, 0.717) is 11.4 Å². The number of nitrogens with two attached hydrogens (primary N) is 1. The lowest BCUT2D eigenvalue weighted by Crippen LogP contribution is -2.44. The summed E-state index contributed by atoms with van der Waals surface area (Å²) in [6.45, 7) is 8.31. The van der Waals surface area contributed by atoms with Gasteiger partial charge in [0.05, 0.1) is 12.8 Å². The summed E-state index contributed by atoms with van der Waals surface area (Å²) in [4.78, 5) is 11.6. The van der Waals surface area contributed by atoms with Gasteiger partial charge in [0.1, 0.15) is 11.6 Å². The predicted molar refractivity (Wildman–Crippen MR) is 135 cm³/mol. The molecule has 1 fully saturated rings. The Morgan fingerprint density at radius 2 is 1.88 bits per heavy atom. The van der Waals surface area contributed by atoms with Gasteiger partial charge in [0.25, 0.3) is 0 Å². The Morgan fingerprint density at radius 3 is 2.53 bits per heavy atom. The molecule has 0 unspecified atom stereocenters. The van der Waals surface area contributed by atoms with Crippen molar-refractivity contribution in [3.05, 3.63) is 78.3 Å². The standard InChI is InChI=1S/C26H31N5O/c1-5-23(20-7-6-8-22(15-20)31-13-11-29(2)12-14-31)26-28-17-21(18-30(26)3)19-9-10-25(32-4)24(27)16-19/h5-10,15-18H,1,11-14,27H2,2-4H3/b26-23+. The molecule has 2 heterocycles. The van der Waals surface area contributed by atoms with Crippen molar-refractivity contribution in [1.82, 2.24) is 9.80 Å². The van der Waals surface area contributed by atoms with Gasteiger partial charge in [-0.2, -0.15) is 0 Å². The van der Waals surface area contributed by atoms with Crippen LogP contribution in [0.4, 0.5) is 11.4 Å². The van der Waals surface area contributed by atoms with Gasteiger partial charge in [0.15, 0.2) is 0 Å². The van der Waals surface area contributed by atoms with Crippen molar-refractivity contribution in [3.8, 4) is 5.75 Å². The zero-order valence-corrected chi connectivity index (χ0v) is 19.1. The Balaban J connectivity index is 1.62. The van der Waals surface area contributed by atoms with Crippen molar-refractivity contribution >= 4 is 28.7 Å². The molecule has 6 nitrogen and oxygen atoms in total. The van der Waals surface area contributed by atoms with Gasteiger partial charge in [-0.15, -0.1) is 0 Å². The number of hydrogen-bond donors (Lipinski definition) is 1. The minimum absolute atomic E-state index is 0.607. The maximum Gasteiger partial charge on any atom is 0.141 e. The summed E-state index contributed by atoms with van der Waals surface area (Å²) < 4.78 is 5.27. The van der Waals surface area contributed by atoms with Gasteiger partial charge in [0.2, 0.25) is 0 Å². The Labute approximate surface area is 190 Å². The van der Waals surface area contributed by atoms with Crippen LogP contribution in [0.1, 0.15) is 11.1 Å². The predicted octanol–water partition coefficient (Wildman–Crippen LogP) is 3.94. The molecule has 0 saturated carbocycles. The molecule has 2 aromatic rings. The van der Waals surface area contributed by atoms with Gasteiger partial charge in [-0.25, -0.2) is 4.99 Å². The molecule has 0 atom stereocenters. The highest BCUT2D eigenvalue weighted by Crippen LogP contribution is 2.31. The fraction of sp³-hybridized carbons (Fsp3) is 0.269. The van der Waals surface area contributed by atoms with Crippen LogP contribution in [-0.4, -0.2) is 63.4 Å². The highest BCUT2D eigenvalue weighted by molar-refractivity contribution is 6.11. The number of aliphatic imine (C=N–C) groups is 1. The van der Waals surface area contributed by atoms with E-state index in [2.05, 4.69) is 53.9 Å². The molecule has 0 amide bonds. The first-order valence-electron chi connectivity index (χ1n) is 10.8. The molecular formula is C26H31N5O. The number of methoxy groups -OCH3 is 1. The Kier molecular flexibility index (Phi) is 6.32. The van der Waals surface area contributed by atoms with Gasteiger partial charge in [-0.1, -0.05) is 30.9 Å². The number of rotatable bonds is 5. The topological polar surface area (TPSA) is 57.3 Å². The van der Waals surface area contributed by atoms with Crippen molar-refractivity contribution in [2.75, 3.05) is 58.0 Å². The SMILES string of the molecule is C=C/C(=C1/N=CC(c2ccc(OC)c(N)c2)=CN1C)c1cccc(N2CCN(C)CC2)c1. The van der Waals surface area contributed by atoms with E-state index in [9.17, 15) is 0 Å². The first-order valence-corrected chi connectivity index (χ1v) is 10.8. The summed E-state index contributed by atoms with van der Waals surface area (Å²) in [7, 11) is 5.80. The molecule has 0 spiro atoms. The third-order valence-electron chi connectivity index (χ3n) is 6.03. The van der Waals surface area contributed by atoms with E-state index in [-0.39, 0.29) is 0 Å². The lowest BCUT2D eigenvalue weighted by molar-refractivity contribution is 0.313. The molecule has 1 saturated heterocycles. The van der Waals surface area contributed by atoms with Crippen molar-refractivity contribution < 1.29 is 4.74 Å². The van der Waals surface area contributed by atoms with Crippen LogP contribution in [0.5, 0.6) is 5.75 Å². The van der Waals surface area contributed by atoms with Crippen LogP contribution < -0.4 is 15.4 Å². The molecule has 0 aliphatic carbocycles. The first kappa shape index (κ1) is 21.7. The molecule has 2 N–H and O–H groups in total. The zero-order valence-electron chi connectivity index (χ0n) is 19.1. The summed E-state index contributed by atoms with van der Waals surface area (Å²) in [6, 6.07) is 14.4. The van der Waals surface area contributed by atoms with Crippen molar-refractivity contribution in [2.45, 2.75) is 0 Å². The average Bonchev–Trinajstić information content (AvgIpc) is 2.81. The largest absolute Gasteiger partial charge is 0.495 e. The van der Waals surface area contributed by atoms with E-state index in [0.717, 1.165) is 54.3 Å². The second-order valence-corrected chi connectivity index (χ2v) is 8.19. The number of hydrogen-bond acceptors (Lipinski definition) is 6. The van der Waals surface area contributed by atoms with E-state index < -0.39 is 0 Å². The smallest absolute Gasteiger partial charge is 0.141 e. The zero-order chi connectivity index (χ0) is 22.7. The molecule has 4 rings (SSSR count). The van der Waals surface area contributed by atoms with Gasteiger partial charge >= 0.3 is 0 Å². The van der Waals surface area contributed by atoms with Gasteiger partial charge in [-0.05, 0) is 42.4 Å². The molecule has 6 heteroatoms. The number of nitrogens with zero attached hydrogens (tertiary/aromatic N) is 4. The highest BCUT2D eigenvalue weighted by atomic mass is 16.5. The van der Waals surface area contributed by atoms with Crippen molar-refractivity contribution in [2.24, 2.45) is 4.99 Å². The van der Waals surface area contributed by atoms with Crippen LogP contribution in [0.3, 0.4) is 0 Å². The molecule has 0 radical (unpaired) electrons. The number of likely N-dealkylation sites (N-methyl/N-ethyl adjacent to an activating group) is 1. The molecule has 166 valence electrons. The maximum atomic E-state index is 6.09. The van der Waals surface area contributed by atoms with Crippen LogP contribution in [0, 0.1) is 0 Å². The normalized spacial score (nSPS) is 18.4. The maximum absolute atomic E-state index is 6.09. The van der Waals surface area contributed by atoms with Crippen LogP contribution in [0.2, 0.25) is 0 Å². The summed E-state index contributed by atoms with van der Waals surface area (Å²) >= 11 is 0. The summed E-state index contributed by atoms with van der Waals surface area (Å²) in [5.41, 5.74) is 12.0. The summed E-state index contributed by atoms with van der Waals surface area (Å²) in [5.74, 6) is 1.53. The van der Waals surface area contributed by atoms with Crippen molar-refractivity contribution in [3.63, 3.8) is 0 Å². The Bertz CT molecular complexity index is 1090. The van der Waals surface area contributed by atoms with Crippen molar-refractivity contribution in [1.29, 1.82) is 0 Å². The Hall–Kier alpha value is -3.51. The van der Waals surface area contributed by atoms with E-state index in [1.165, 1.54) is 5.69 Å². The average molecular weight is 430 g/mol. The second-order valence-electron chi connectivity index (χ2n) is 8.19. The molecular weight excluding hydrogens is 398 g/mol. The number of benzene rings is 2. The van der Waals surface area contributed by atoms with Crippen LogP contribution in [-0.2, 0) is 0 Å². The molecule has 2 aliphatic rings. The van der Waals surface area contributed by atoms with Gasteiger partial charge in [-0.3, -0.25) is 0 Å². The number of piperazine rings is 1. The van der Waals surface area contributed by atoms with Crippen LogP contribution >= 0.6 is 0 Å². The second kappa shape index (κ2) is 9.32. The fourth-order valence-electron chi connectivity index (χ4n) is 4.12. The monoisotopic (exact) mass is 429 g/mol. The van der Waals surface area contributed by atoms with Gasteiger partial charge in [0, 0.05) is 62.5 Å². The van der Waals surface area contributed by atoms with E-state index in [1.54, 1.807) is 7.11 Å². The molecule has 2 aromatic carbocycles. The first-order chi connectivity index (χ1) is 15.5. The number of nitrogen functional groups attached to an aromatic ring is 1. The quantitative estimate of drug-likeness (QED) is 0.730. The lowest BCUT2D eigenvalue weighted by atomic mass is 10.0. The molecule has 2 aliphatic heterocycles. The third kappa shape index (κ3) is 4.41. The summed E-state index contributed by atoms with van der Waals surface area (Å²) in [5, 5.41) is 0. The van der Waals surface area contributed by atoms with E-state index in [4.69, 9.17) is 15.5 Å². The number of allylic oxidation sites excluding steroid dienone is 3. The molecule has 0 bridgehead atoms. The van der Waals surface area contributed by atoms with Crippen LogP contribution in [0.25, 0.3) is 11.1 Å². The Morgan fingerprint density at radius 1 is 1.09 bits per heavy atom. The van der Waals surface area contributed by atoms with E-state index in [1.807, 2.05) is 42.4 Å². The number of anilines is 2.